The first-order chi connectivity index (χ1) is 4.38. The summed E-state index contributed by atoms with van der Waals surface area (Å²) >= 11 is 0. The van der Waals surface area contributed by atoms with E-state index in [1.54, 1.807) is 0 Å². The van der Waals surface area contributed by atoms with Crippen LogP contribution in [0.15, 0.2) is 0 Å². The van der Waals surface area contributed by atoms with Gasteiger partial charge < -0.3 is 5.32 Å². The molecule has 0 amide bonds. The molecule has 9 heavy (non-hydrogen) atoms. The van der Waals surface area contributed by atoms with Crippen molar-refractivity contribution >= 4 is 0 Å². The van der Waals surface area contributed by atoms with Crippen molar-refractivity contribution in [1.82, 2.24) is 5.32 Å². The molecule has 2 heteroatoms. The van der Waals surface area contributed by atoms with Crippen molar-refractivity contribution in [3.8, 4) is 0 Å². The van der Waals surface area contributed by atoms with Crippen molar-refractivity contribution in [2.75, 3.05) is 13.1 Å². The van der Waals surface area contributed by atoms with Gasteiger partial charge in [-0.25, -0.2) is 4.39 Å². The molecule has 0 unspecified atom stereocenters. The number of fused-ring (bicyclic) bond motifs is 1. The maximum absolute atomic E-state index is 12.8. The zero-order valence-electron chi connectivity index (χ0n) is 5.44. The molecular weight excluding hydrogens is 117 g/mol. The Kier molecular flexibility index (Phi) is 1.22. The Labute approximate surface area is 54.6 Å². The molecule has 2 rings (SSSR count). The summed E-state index contributed by atoms with van der Waals surface area (Å²) in [4.78, 5) is 0. The predicted octanol–water partition coefficient (Wildman–Crippen LogP) is 0.954. The minimum Gasteiger partial charge on any atom is -0.316 e. The van der Waals surface area contributed by atoms with Gasteiger partial charge >= 0.3 is 0 Å². The molecule has 1 aliphatic carbocycles. The first-order valence-electron chi connectivity index (χ1n) is 3.72. The monoisotopic (exact) mass is 129 g/mol. The number of hydrogen-bond donors (Lipinski definition) is 1. The van der Waals surface area contributed by atoms with Crippen LogP contribution in [0.5, 0.6) is 0 Å². The summed E-state index contributed by atoms with van der Waals surface area (Å²) in [6, 6.07) is 0. The van der Waals surface area contributed by atoms with E-state index in [1.807, 2.05) is 0 Å². The number of hydrogen-bond acceptors (Lipinski definition) is 1. The molecule has 0 bridgehead atoms. The van der Waals surface area contributed by atoms with E-state index in [2.05, 4.69) is 5.32 Å². The smallest absolute Gasteiger partial charge is 0.104 e. The van der Waals surface area contributed by atoms with Gasteiger partial charge in [-0.05, 0) is 25.3 Å². The summed E-state index contributed by atoms with van der Waals surface area (Å²) in [6.45, 7) is 1.98. The summed E-state index contributed by atoms with van der Waals surface area (Å²) in [5.41, 5.74) is 0. The van der Waals surface area contributed by atoms with Crippen molar-refractivity contribution in [1.29, 1.82) is 0 Å². The number of alkyl halides is 1. The molecule has 0 radical (unpaired) electrons. The Bertz CT molecular complexity index is 115. The summed E-state index contributed by atoms with van der Waals surface area (Å²) in [7, 11) is 0. The molecule has 0 aromatic rings. The van der Waals surface area contributed by atoms with Gasteiger partial charge in [-0.1, -0.05) is 0 Å². The zero-order valence-corrected chi connectivity index (χ0v) is 5.44. The summed E-state index contributed by atoms with van der Waals surface area (Å²) in [6.07, 6.45) is 1.43. The number of nitrogens with one attached hydrogen (secondary N) is 1. The Morgan fingerprint density at radius 1 is 1.22 bits per heavy atom. The third-order valence-electron chi connectivity index (χ3n) is 2.67. The van der Waals surface area contributed by atoms with Crippen molar-refractivity contribution < 1.29 is 4.39 Å². The lowest BCUT2D eigenvalue weighted by Gasteiger charge is -2.07. The van der Waals surface area contributed by atoms with Gasteiger partial charge in [0.2, 0.25) is 0 Å². The largest absolute Gasteiger partial charge is 0.316 e. The van der Waals surface area contributed by atoms with Crippen LogP contribution in [0.1, 0.15) is 12.8 Å². The second kappa shape index (κ2) is 1.94. The van der Waals surface area contributed by atoms with Crippen molar-refractivity contribution in [2.24, 2.45) is 11.8 Å². The maximum atomic E-state index is 12.8. The molecular formula is C7H12FN. The lowest BCUT2D eigenvalue weighted by atomic mass is 10.0. The molecule has 1 aliphatic heterocycles. The Morgan fingerprint density at radius 2 is 2.11 bits per heavy atom. The zero-order chi connectivity index (χ0) is 6.27. The Balaban J connectivity index is 2.07. The van der Waals surface area contributed by atoms with E-state index < -0.39 is 6.17 Å². The molecule has 3 atom stereocenters. The van der Waals surface area contributed by atoms with E-state index in [-0.39, 0.29) is 0 Å². The highest BCUT2D eigenvalue weighted by Gasteiger charge is 2.38. The quantitative estimate of drug-likeness (QED) is 0.513. The Hall–Kier alpha value is -0.110. The average molecular weight is 129 g/mol. The van der Waals surface area contributed by atoms with Crippen LogP contribution in [0.25, 0.3) is 0 Å². The lowest BCUT2D eigenvalue weighted by Crippen LogP contribution is -2.16. The van der Waals surface area contributed by atoms with Gasteiger partial charge in [0.25, 0.3) is 0 Å². The van der Waals surface area contributed by atoms with E-state index in [0.29, 0.717) is 11.8 Å². The van der Waals surface area contributed by atoms with Gasteiger partial charge in [0, 0.05) is 12.5 Å². The fraction of sp³-hybridized carbons (Fsp3) is 1.00. The average Bonchev–Trinajstić information content (AvgIpc) is 2.35. The summed E-state index contributed by atoms with van der Waals surface area (Å²) < 4.78 is 12.8. The molecule has 1 nitrogen and oxygen atoms in total. The van der Waals surface area contributed by atoms with Crippen LogP contribution >= 0.6 is 0 Å². The molecule has 0 aromatic carbocycles. The number of halogens is 1. The van der Waals surface area contributed by atoms with Crippen molar-refractivity contribution in [3.05, 3.63) is 0 Å². The van der Waals surface area contributed by atoms with Gasteiger partial charge in [0.1, 0.15) is 6.17 Å². The molecule has 2 fully saturated rings. The fourth-order valence-corrected chi connectivity index (χ4v) is 2.08. The fourth-order valence-electron chi connectivity index (χ4n) is 2.08. The summed E-state index contributed by atoms with van der Waals surface area (Å²) in [5, 5.41) is 3.21. The highest BCUT2D eigenvalue weighted by Crippen LogP contribution is 2.36. The van der Waals surface area contributed by atoms with E-state index in [1.165, 1.54) is 0 Å². The topological polar surface area (TPSA) is 12.0 Å². The Morgan fingerprint density at radius 3 is 2.89 bits per heavy atom. The predicted molar refractivity (Wildman–Crippen MR) is 34.0 cm³/mol. The molecule has 2 aliphatic rings. The minimum absolute atomic E-state index is 0.366. The molecule has 1 saturated heterocycles. The molecule has 0 aromatic heterocycles. The van der Waals surface area contributed by atoms with Crippen LogP contribution in [0.3, 0.4) is 0 Å². The number of rotatable bonds is 0. The van der Waals surface area contributed by atoms with E-state index in [4.69, 9.17) is 0 Å². The maximum Gasteiger partial charge on any atom is 0.104 e. The standard InChI is InChI=1S/C7H12FN/c8-7-2-1-5-3-9-4-6(5)7/h5-7,9H,1-4H2/t5-,6+,7+/m0/s1. The molecule has 0 spiro atoms. The SMILES string of the molecule is F[C@@H]1CC[C@H]2CNC[C@H]21. The third-order valence-corrected chi connectivity index (χ3v) is 2.67. The highest BCUT2D eigenvalue weighted by molar-refractivity contribution is 4.91. The third kappa shape index (κ3) is 0.767. The van der Waals surface area contributed by atoms with E-state index in [9.17, 15) is 4.39 Å². The second-order valence-electron chi connectivity index (χ2n) is 3.18. The first kappa shape index (κ1) is 5.66. The van der Waals surface area contributed by atoms with Crippen molar-refractivity contribution in [3.63, 3.8) is 0 Å². The first-order valence-corrected chi connectivity index (χ1v) is 3.72. The highest BCUT2D eigenvalue weighted by atomic mass is 19.1. The molecule has 1 N–H and O–H groups in total. The molecule has 52 valence electrons. The van der Waals surface area contributed by atoms with Gasteiger partial charge in [0.05, 0.1) is 0 Å². The normalized spacial score (nSPS) is 49.7. The van der Waals surface area contributed by atoms with Crippen LogP contribution in [0.2, 0.25) is 0 Å². The van der Waals surface area contributed by atoms with Crippen LogP contribution in [0, 0.1) is 11.8 Å². The lowest BCUT2D eigenvalue weighted by molar-refractivity contribution is 0.260. The van der Waals surface area contributed by atoms with Gasteiger partial charge in [-0.2, -0.15) is 0 Å². The van der Waals surface area contributed by atoms with E-state index >= 15 is 0 Å². The molecule has 1 saturated carbocycles. The minimum atomic E-state index is -0.495. The van der Waals surface area contributed by atoms with Crippen LogP contribution in [0.4, 0.5) is 4.39 Å². The van der Waals surface area contributed by atoms with Gasteiger partial charge in [-0.15, -0.1) is 0 Å². The van der Waals surface area contributed by atoms with Crippen LogP contribution < -0.4 is 5.32 Å². The van der Waals surface area contributed by atoms with Crippen LogP contribution in [-0.2, 0) is 0 Å². The van der Waals surface area contributed by atoms with Gasteiger partial charge in [-0.3, -0.25) is 0 Å². The van der Waals surface area contributed by atoms with E-state index in [0.717, 1.165) is 25.9 Å². The van der Waals surface area contributed by atoms with Crippen LogP contribution in [-0.4, -0.2) is 19.3 Å². The van der Waals surface area contributed by atoms with Gasteiger partial charge in [0.15, 0.2) is 0 Å². The molecule has 1 heterocycles. The summed E-state index contributed by atoms with van der Waals surface area (Å²) in [5.74, 6) is 1.03. The van der Waals surface area contributed by atoms with Crippen molar-refractivity contribution in [2.45, 2.75) is 19.0 Å². The second-order valence-corrected chi connectivity index (χ2v) is 3.18.